The van der Waals surface area contributed by atoms with Crippen LogP contribution in [0.3, 0.4) is 0 Å². The number of carbonyl (C=O) groups is 1. The van der Waals surface area contributed by atoms with Gasteiger partial charge in [0.05, 0.1) is 24.0 Å². The number of aldehydes is 1. The molecule has 0 amide bonds. The maximum atomic E-state index is 11.4. The second-order valence-electron chi connectivity index (χ2n) is 6.87. The molecule has 0 aromatic rings. The molecule has 0 aromatic heterocycles. The highest BCUT2D eigenvalue weighted by molar-refractivity contribution is 5.99. The first-order valence-electron chi connectivity index (χ1n) is 9.37. The molecule has 2 saturated heterocycles. The zero-order valence-corrected chi connectivity index (χ0v) is 15.9. The van der Waals surface area contributed by atoms with Crippen molar-refractivity contribution in [2.75, 3.05) is 26.7 Å². The second-order valence-corrected chi connectivity index (χ2v) is 6.87. The highest BCUT2D eigenvalue weighted by Crippen LogP contribution is 2.36. The molecule has 3 atom stereocenters. The summed E-state index contributed by atoms with van der Waals surface area (Å²) >= 11 is 0. The maximum Gasteiger partial charge on any atom is 0.137 e. The first kappa shape index (κ1) is 19.7. The van der Waals surface area contributed by atoms with E-state index in [9.17, 15) is 4.79 Å². The number of rotatable bonds is 8. The SMILES string of the molecule is C=C1CC(N2CCCC2C=O)C(C)N1C(=CN)C(CC)=NCCNC. The van der Waals surface area contributed by atoms with Crippen LogP contribution in [0.2, 0.25) is 0 Å². The smallest absolute Gasteiger partial charge is 0.137 e. The quantitative estimate of drug-likeness (QED) is 0.395. The van der Waals surface area contributed by atoms with Crippen LogP contribution in [0.1, 0.15) is 39.5 Å². The van der Waals surface area contributed by atoms with E-state index in [1.807, 2.05) is 7.05 Å². The van der Waals surface area contributed by atoms with Gasteiger partial charge < -0.3 is 20.7 Å². The van der Waals surface area contributed by atoms with E-state index in [1.54, 1.807) is 6.20 Å². The van der Waals surface area contributed by atoms with Crippen LogP contribution >= 0.6 is 0 Å². The molecule has 0 bridgehead atoms. The van der Waals surface area contributed by atoms with Crippen LogP contribution in [0.25, 0.3) is 0 Å². The van der Waals surface area contributed by atoms with Crippen molar-refractivity contribution in [2.24, 2.45) is 10.7 Å². The molecule has 2 heterocycles. The lowest BCUT2D eigenvalue weighted by Gasteiger charge is -2.34. The monoisotopic (exact) mass is 347 g/mol. The molecule has 0 saturated carbocycles. The lowest BCUT2D eigenvalue weighted by molar-refractivity contribution is -0.112. The number of hydrogen-bond acceptors (Lipinski definition) is 6. The van der Waals surface area contributed by atoms with Crippen molar-refractivity contribution in [2.45, 2.75) is 57.7 Å². The molecule has 6 nitrogen and oxygen atoms in total. The minimum absolute atomic E-state index is 0.0421. The summed E-state index contributed by atoms with van der Waals surface area (Å²) in [4.78, 5) is 20.7. The van der Waals surface area contributed by atoms with Gasteiger partial charge in [-0.3, -0.25) is 9.89 Å². The standard InChI is InChI=1S/C19H33N5O/c1-5-17(22-9-8-21-4)19(12-20)24-14(2)11-18(15(24)3)23-10-6-7-16(23)13-25/h12-13,15-16,18,21H,2,5-11,20H2,1,3-4H3. The van der Waals surface area contributed by atoms with E-state index in [2.05, 4.69) is 35.5 Å². The van der Waals surface area contributed by atoms with E-state index in [0.29, 0.717) is 6.04 Å². The second kappa shape index (κ2) is 9.15. The van der Waals surface area contributed by atoms with Crippen molar-refractivity contribution < 1.29 is 4.79 Å². The molecule has 25 heavy (non-hydrogen) atoms. The average Bonchev–Trinajstić information content (AvgIpc) is 3.19. The van der Waals surface area contributed by atoms with E-state index >= 15 is 0 Å². The lowest BCUT2D eigenvalue weighted by atomic mass is 10.1. The third kappa shape index (κ3) is 4.12. The van der Waals surface area contributed by atoms with Crippen molar-refractivity contribution in [1.82, 2.24) is 15.1 Å². The summed E-state index contributed by atoms with van der Waals surface area (Å²) in [6.45, 7) is 11.1. The van der Waals surface area contributed by atoms with Crippen molar-refractivity contribution >= 4 is 12.0 Å². The van der Waals surface area contributed by atoms with E-state index in [1.165, 1.54) is 0 Å². The van der Waals surface area contributed by atoms with Crippen LogP contribution in [-0.4, -0.2) is 66.6 Å². The Balaban J connectivity index is 2.20. The molecule has 2 fully saturated rings. The van der Waals surface area contributed by atoms with Crippen molar-refractivity contribution in [3.8, 4) is 0 Å². The van der Waals surface area contributed by atoms with Gasteiger partial charge in [-0.25, -0.2) is 0 Å². The van der Waals surface area contributed by atoms with Crippen LogP contribution in [0, 0.1) is 0 Å². The number of aliphatic imine (C=N–C) groups is 1. The molecule has 0 spiro atoms. The summed E-state index contributed by atoms with van der Waals surface area (Å²) in [7, 11) is 1.93. The normalized spacial score (nSPS) is 28.8. The predicted octanol–water partition coefficient (Wildman–Crippen LogP) is 1.50. The summed E-state index contributed by atoms with van der Waals surface area (Å²) in [6, 6.07) is 0.569. The van der Waals surface area contributed by atoms with Gasteiger partial charge in [0.1, 0.15) is 6.29 Å². The zero-order chi connectivity index (χ0) is 18.4. The van der Waals surface area contributed by atoms with Crippen molar-refractivity contribution in [3.63, 3.8) is 0 Å². The maximum absolute atomic E-state index is 11.4. The Bertz CT molecular complexity index is 542. The largest absolute Gasteiger partial charge is 0.403 e. The summed E-state index contributed by atoms with van der Waals surface area (Å²) in [6.07, 6.45) is 6.51. The molecule has 3 unspecified atom stereocenters. The minimum atomic E-state index is 0.0421. The fourth-order valence-electron chi connectivity index (χ4n) is 4.12. The topological polar surface area (TPSA) is 74.0 Å². The van der Waals surface area contributed by atoms with E-state index in [0.717, 1.165) is 68.7 Å². The Hall–Kier alpha value is -1.66. The molecule has 0 aliphatic carbocycles. The fourth-order valence-corrected chi connectivity index (χ4v) is 4.12. The zero-order valence-electron chi connectivity index (χ0n) is 15.9. The molecule has 2 rings (SSSR count). The molecule has 6 heteroatoms. The van der Waals surface area contributed by atoms with E-state index < -0.39 is 0 Å². The molecule has 140 valence electrons. The predicted molar refractivity (Wildman–Crippen MR) is 103 cm³/mol. The summed E-state index contributed by atoms with van der Waals surface area (Å²) in [5, 5.41) is 3.12. The Morgan fingerprint density at radius 3 is 2.88 bits per heavy atom. The van der Waals surface area contributed by atoms with Crippen molar-refractivity contribution in [1.29, 1.82) is 0 Å². The highest BCUT2D eigenvalue weighted by Gasteiger charge is 2.42. The average molecular weight is 348 g/mol. The van der Waals surface area contributed by atoms with Crippen LogP contribution in [0.4, 0.5) is 0 Å². The first-order chi connectivity index (χ1) is 12.1. The van der Waals surface area contributed by atoms with Gasteiger partial charge in [-0.15, -0.1) is 0 Å². The fraction of sp³-hybridized carbons (Fsp3) is 0.684. The van der Waals surface area contributed by atoms with Gasteiger partial charge in [0.25, 0.3) is 0 Å². The van der Waals surface area contributed by atoms with E-state index in [-0.39, 0.29) is 12.1 Å². The number of allylic oxidation sites excluding steroid dienone is 1. The third-order valence-corrected chi connectivity index (χ3v) is 5.39. The van der Waals surface area contributed by atoms with Crippen LogP contribution < -0.4 is 11.1 Å². The summed E-state index contributed by atoms with van der Waals surface area (Å²) in [5.41, 5.74) is 9.03. The van der Waals surface area contributed by atoms with Crippen LogP contribution in [0.15, 0.2) is 29.2 Å². The van der Waals surface area contributed by atoms with Gasteiger partial charge in [0.15, 0.2) is 0 Å². The van der Waals surface area contributed by atoms with E-state index in [4.69, 9.17) is 10.7 Å². The molecule has 0 radical (unpaired) electrons. The van der Waals surface area contributed by atoms with Gasteiger partial charge in [0.2, 0.25) is 0 Å². The van der Waals surface area contributed by atoms with Crippen LogP contribution in [-0.2, 0) is 4.79 Å². The van der Waals surface area contributed by atoms with Gasteiger partial charge >= 0.3 is 0 Å². The minimum Gasteiger partial charge on any atom is -0.403 e. The first-order valence-corrected chi connectivity index (χ1v) is 9.37. The number of nitrogens with one attached hydrogen (secondary N) is 1. The van der Waals surface area contributed by atoms with Gasteiger partial charge in [0, 0.05) is 36.9 Å². The summed E-state index contributed by atoms with van der Waals surface area (Å²) in [5.74, 6) is 0. The Labute approximate surface area is 151 Å². The van der Waals surface area contributed by atoms with Gasteiger partial charge in [-0.05, 0) is 39.8 Å². The summed E-state index contributed by atoms with van der Waals surface area (Å²) < 4.78 is 0. The Morgan fingerprint density at radius 1 is 1.52 bits per heavy atom. The van der Waals surface area contributed by atoms with Crippen LogP contribution in [0.5, 0.6) is 0 Å². The Kier molecular flexibility index (Phi) is 7.20. The third-order valence-electron chi connectivity index (χ3n) is 5.39. The number of hydrogen-bond donors (Lipinski definition) is 2. The Morgan fingerprint density at radius 2 is 2.28 bits per heavy atom. The highest BCUT2D eigenvalue weighted by atomic mass is 16.1. The molecular weight excluding hydrogens is 314 g/mol. The molecule has 2 aliphatic rings. The molecule has 3 N–H and O–H groups in total. The lowest BCUT2D eigenvalue weighted by Crippen LogP contribution is -2.46. The molecule has 0 aromatic carbocycles. The number of carbonyl (C=O) groups excluding carboxylic acids is 1. The number of likely N-dealkylation sites (N-methyl/N-ethyl adjacent to an activating group) is 1. The van der Waals surface area contributed by atoms with Gasteiger partial charge in [-0.1, -0.05) is 13.5 Å². The number of nitrogens with two attached hydrogens (primary N) is 1. The van der Waals surface area contributed by atoms with Crippen molar-refractivity contribution in [3.05, 3.63) is 24.2 Å². The van der Waals surface area contributed by atoms with Gasteiger partial charge in [-0.2, -0.15) is 0 Å². The molecular formula is C19H33N5O. The number of likely N-dealkylation sites (tertiary alicyclic amines) is 2. The molecule has 2 aliphatic heterocycles. The number of nitrogens with zero attached hydrogens (tertiary/aromatic N) is 3.